The maximum absolute atomic E-state index is 12.6. The summed E-state index contributed by atoms with van der Waals surface area (Å²) in [6, 6.07) is 8.30. The van der Waals surface area contributed by atoms with Crippen molar-refractivity contribution in [3.05, 3.63) is 35.9 Å². The van der Waals surface area contributed by atoms with Crippen LogP contribution in [0.5, 0.6) is 0 Å². The Morgan fingerprint density at radius 2 is 1.60 bits per heavy atom. The van der Waals surface area contributed by atoms with Gasteiger partial charge in [0, 0.05) is 12.1 Å². The summed E-state index contributed by atoms with van der Waals surface area (Å²) in [6.45, 7) is -0.611. The summed E-state index contributed by atoms with van der Waals surface area (Å²) in [5.74, 6) is -2.09. The molecule has 1 saturated heterocycles. The second-order valence-corrected chi connectivity index (χ2v) is 7.99. The van der Waals surface area contributed by atoms with Crippen molar-refractivity contribution < 1.29 is 28.7 Å². The van der Waals surface area contributed by atoms with Gasteiger partial charge in [-0.15, -0.1) is 0 Å². The van der Waals surface area contributed by atoms with Gasteiger partial charge < -0.3 is 4.74 Å². The van der Waals surface area contributed by atoms with Gasteiger partial charge in [-0.25, -0.2) is 0 Å². The van der Waals surface area contributed by atoms with E-state index in [1.54, 1.807) is 30.3 Å². The zero-order valence-electron chi connectivity index (χ0n) is 16.3. The van der Waals surface area contributed by atoms with Crippen LogP contribution in [0.2, 0.25) is 0 Å². The van der Waals surface area contributed by atoms with E-state index in [0.29, 0.717) is 17.4 Å². The van der Waals surface area contributed by atoms with Crippen molar-refractivity contribution in [2.75, 3.05) is 13.2 Å². The predicted octanol–water partition coefficient (Wildman–Crippen LogP) is 0.412. The minimum Gasteiger partial charge on any atom is -0.455 e. The molecular formula is C21H23N3O6. The van der Waals surface area contributed by atoms with Crippen LogP contribution in [0.3, 0.4) is 0 Å². The molecule has 0 spiro atoms. The molecule has 3 aliphatic rings. The van der Waals surface area contributed by atoms with Crippen LogP contribution in [0.15, 0.2) is 30.3 Å². The van der Waals surface area contributed by atoms with Crippen molar-refractivity contribution in [3.8, 4) is 0 Å². The largest absolute Gasteiger partial charge is 0.455 e. The molecule has 3 fully saturated rings. The van der Waals surface area contributed by atoms with Gasteiger partial charge in [0.25, 0.3) is 11.8 Å². The lowest BCUT2D eigenvalue weighted by Crippen LogP contribution is -2.43. The SMILES string of the molecule is O=C(COC(=O)CCN1C(=O)[C@H]2[C@H]3CC[C@@H](C3)[C@@H]2C1=O)NNC(=O)c1ccccc1. The molecule has 4 atom stereocenters. The number of imide groups is 1. The zero-order chi connectivity index (χ0) is 21.3. The third kappa shape index (κ3) is 3.79. The van der Waals surface area contributed by atoms with E-state index in [2.05, 4.69) is 10.9 Å². The Labute approximate surface area is 173 Å². The summed E-state index contributed by atoms with van der Waals surface area (Å²) >= 11 is 0. The molecule has 0 aromatic heterocycles. The molecule has 1 aliphatic heterocycles. The van der Waals surface area contributed by atoms with Crippen LogP contribution >= 0.6 is 0 Å². The van der Waals surface area contributed by atoms with Crippen LogP contribution in [0.4, 0.5) is 0 Å². The second-order valence-electron chi connectivity index (χ2n) is 7.99. The van der Waals surface area contributed by atoms with Crippen molar-refractivity contribution in [1.82, 2.24) is 15.8 Å². The fourth-order valence-corrected chi connectivity index (χ4v) is 4.94. The van der Waals surface area contributed by atoms with Crippen LogP contribution in [0.25, 0.3) is 0 Å². The van der Waals surface area contributed by atoms with Gasteiger partial charge >= 0.3 is 5.97 Å². The van der Waals surface area contributed by atoms with E-state index in [-0.39, 0.29) is 36.6 Å². The van der Waals surface area contributed by atoms with Crippen molar-refractivity contribution >= 4 is 29.6 Å². The molecule has 9 heteroatoms. The molecule has 9 nitrogen and oxygen atoms in total. The Morgan fingerprint density at radius 1 is 0.967 bits per heavy atom. The summed E-state index contributed by atoms with van der Waals surface area (Å²) in [7, 11) is 0. The molecule has 1 aromatic rings. The average Bonchev–Trinajstić information content (AvgIpc) is 3.44. The van der Waals surface area contributed by atoms with Crippen molar-refractivity contribution in [3.63, 3.8) is 0 Å². The molecule has 1 aromatic carbocycles. The van der Waals surface area contributed by atoms with E-state index in [1.807, 2.05) is 0 Å². The van der Waals surface area contributed by atoms with E-state index in [4.69, 9.17) is 4.74 Å². The number of amides is 4. The quantitative estimate of drug-likeness (QED) is 0.396. The number of hydrazine groups is 1. The van der Waals surface area contributed by atoms with Crippen LogP contribution in [0.1, 0.15) is 36.0 Å². The number of fused-ring (bicyclic) bond motifs is 5. The number of carbonyl (C=O) groups excluding carboxylic acids is 5. The van der Waals surface area contributed by atoms with Gasteiger partial charge in [-0.2, -0.15) is 0 Å². The lowest BCUT2D eigenvalue weighted by atomic mass is 9.81. The molecule has 2 N–H and O–H groups in total. The molecule has 158 valence electrons. The third-order valence-electron chi connectivity index (χ3n) is 6.27. The summed E-state index contributed by atoms with van der Waals surface area (Å²) in [4.78, 5) is 61.8. The standard InChI is InChI=1S/C21H23N3O6/c25-15(22-23-19(27)12-4-2-1-3-5-12)11-30-16(26)8-9-24-20(28)17-13-6-7-14(10-13)18(17)21(24)29/h1-5,13-14,17-18H,6-11H2,(H,22,25)(H,23,27)/t13-,14-,17-,18-/m0/s1. The third-order valence-corrected chi connectivity index (χ3v) is 6.27. The topological polar surface area (TPSA) is 122 Å². The number of hydrogen-bond acceptors (Lipinski definition) is 6. The Balaban J connectivity index is 1.17. The maximum Gasteiger partial charge on any atom is 0.308 e. The van der Waals surface area contributed by atoms with Gasteiger partial charge in [-0.1, -0.05) is 18.2 Å². The molecule has 2 bridgehead atoms. The Kier molecular flexibility index (Phi) is 5.52. The van der Waals surface area contributed by atoms with E-state index in [0.717, 1.165) is 19.3 Å². The van der Waals surface area contributed by atoms with E-state index in [9.17, 15) is 24.0 Å². The Bertz CT molecular complexity index is 858. The summed E-state index contributed by atoms with van der Waals surface area (Å²) < 4.78 is 4.87. The highest BCUT2D eigenvalue weighted by Crippen LogP contribution is 2.56. The van der Waals surface area contributed by atoms with Gasteiger partial charge in [-0.3, -0.25) is 39.7 Å². The second kappa shape index (κ2) is 8.25. The number of hydrogen-bond donors (Lipinski definition) is 2. The van der Waals surface area contributed by atoms with Crippen LogP contribution < -0.4 is 10.9 Å². The van der Waals surface area contributed by atoms with Crippen molar-refractivity contribution in [2.45, 2.75) is 25.7 Å². The minimum atomic E-state index is -0.702. The summed E-state index contributed by atoms with van der Waals surface area (Å²) in [5, 5.41) is 0. The van der Waals surface area contributed by atoms with Gasteiger partial charge in [0.15, 0.2) is 6.61 Å². The first-order chi connectivity index (χ1) is 14.5. The molecule has 2 aliphatic carbocycles. The van der Waals surface area contributed by atoms with E-state index >= 15 is 0 Å². The number of likely N-dealkylation sites (tertiary alicyclic amines) is 1. The fraction of sp³-hybridized carbons (Fsp3) is 0.476. The van der Waals surface area contributed by atoms with Crippen molar-refractivity contribution in [2.24, 2.45) is 23.7 Å². The van der Waals surface area contributed by atoms with Crippen LogP contribution in [-0.4, -0.2) is 47.6 Å². The first-order valence-corrected chi connectivity index (χ1v) is 10.1. The van der Waals surface area contributed by atoms with Crippen molar-refractivity contribution in [1.29, 1.82) is 0 Å². The number of nitrogens with one attached hydrogen (secondary N) is 2. The number of benzene rings is 1. The van der Waals surface area contributed by atoms with Gasteiger partial charge in [-0.05, 0) is 43.2 Å². The van der Waals surface area contributed by atoms with E-state index in [1.165, 1.54) is 4.90 Å². The molecule has 2 saturated carbocycles. The lowest BCUT2D eigenvalue weighted by molar-refractivity contribution is -0.150. The summed E-state index contributed by atoms with van der Waals surface area (Å²) in [6.07, 6.45) is 2.78. The summed E-state index contributed by atoms with van der Waals surface area (Å²) in [5.41, 5.74) is 4.75. The number of nitrogens with zero attached hydrogens (tertiary/aromatic N) is 1. The molecule has 4 amide bonds. The number of esters is 1. The highest BCUT2D eigenvalue weighted by molar-refractivity contribution is 6.06. The smallest absolute Gasteiger partial charge is 0.308 e. The van der Waals surface area contributed by atoms with Gasteiger partial charge in [0.05, 0.1) is 18.3 Å². The first kappa shape index (κ1) is 20.1. The first-order valence-electron chi connectivity index (χ1n) is 10.1. The molecule has 30 heavy (non-hydrogen) atoms. The average molecular weight is 413 g/mol. The van der Waals surface area contributed by atoms with E-state index < -0.39 is 24.4 Å². The highest BCUT2D eigenvalue weighted by atomic mass is 16.5. The van der Waals surface area contributed by atoms with Crippen LogP contribution in [-0.2, 0) is 23.9 Å². The highest BCUT2D eigenvalue weighted by Gasteiger charge is 2.60. The lowest BCUT2D eigenvalue weighted by Gasteiger charge is -2.19. The monoisotopic (exact) mass is 413 g/mol. The molecular weight excluding hydrogens is 390 g/mol. The fourth-order valence-electron chi connectivity index (χ4n) is 4.94. The van der Waals surface area contributed by atoms with Gasteiger partial charge in [0.2, 0.25) is 11.8 Å². The predicted molar refractivity (Wildman–Crippen MR) is 102 cm³/mol. The van der Waals surface area contributed by atoms with Crippen LogP contribution in [0, 0.1) is 23.7 Å². The van der Waals surface area contributed by atoms with Gasteiger partial charge in [0.1, 0.15) is 0 Å². The molecule has 0 radical (unpaired) electrons. The molecule has 1 heterocycles. The molecule has 4 rings (SSSR count). The Hall–Kier alpha value is -3.23. The maximum atomic E-state index is 12.6. The normalized spacial score (nSPS) is 26.5. The Morgan fingerprint density at radius 3 is 2.23 bits per heavy atom. The minimum absolute atomic E-state index is 0.0324. The number of carbonyl (C=O) groups is 5. The molecule has 0 unspecified atom stereocenters. The zero-order valence-corrected chi connectivity index (χ0v) is 16.3. The number of ether oxygens (including phenoxy) is 1. The number of rotatable bonds is 6.